The zero-order chi connectivity index (χ0) is 22.0. The molecule has 0 aliphatic heterocycles. The number of nitrogens with one attached hydrogen (secondary N) is 1. The Morgan fingerprint density at radius 1 is 1.34 bits per heavy atom. The zero-order valence-corrected chi connectivity index (χ0v) is 18.8. The number of nitrogens with two attached hydrogens (primary N) is 1. The van der Waals surface area contributed by atoms with Crippen molar-refractivity contribution in [3.8, 4) is 0 Å². The Balaban J connectivity index is 3.10. The molecule has 1 aromatic carbocycles. The van der Waals surface area contributed by atoms with Crippen molar-refractivity contribution >= 4 is 35.3 Å². The Labute approximate surface area is 178 Å². The van der Waals surface area contributed by atoms with Gasteiger partial charge in [-0.3, -0.25) is 9.79 Å². The van der Waals surface area contributed by atoms with Crippen LogP contribution in [0.5, 0.6) is 0 Å². The molecule has 0 saturated carbocycles. The number of ether oxygens (including phenoxy) is 1. The van der Waals surface area contributed by atoms with Crippen LogP contribution in [0.4, 0.5) is 0 Å². The molecule has 29 heavy (non-hydrogen) atoms. The van der Waals surface area contributed by atoms with Crippen LogP contribution in [-0.2, 0) is 9.53 Å². The first-order valence-electron chi connectivity index (χ1n) is 9.54. The highest BCUT2D eigenvalue weighted by atomic mass is 35.5. The normalized spacial score (nSPS) is 14.0. The molecule has 3 N–H and O–H groups in total. The standard InChI is InChI=1S/C22H31ClN4O2/c1-7-15(4)21(17-9-8-10-18(23)11-17)27-20(29-6)13-26-22(28)19(16(5)24)12-25-14(2)3/h8-12,14H,7,13,24H2,1-6H3,(H,26,28)/b19-16+,21-15?,25-12?,27-20?. The zero-order valence-electron chi connectivity index (χ0n) is 18.0. The first-order chi connectivity index (χ1) is 13.7. The third kappa shape index (κ3) is 8.11. The minimum absolute atomic E-state index is 0.0654. The van der Waals surface area contributed by atoms with Crippen molar-refractivity contribution in [2.75, 3.05) is 13.7 Å². The number of nitrogens with zero attached hydrogens (tertiary/aromatic N) is 2. The van der Waals surface area contributed by atoms with Crippen molar-refractivity contribution in [3.63, 3.8) is 0 Å². The molecule has 7 heteroatoms. The van der Waals surface area contributed by atoms with Gasteiger partial charge in [-0.1, -0.05) is 30.7 Å². The number of amides is 1. The SMILES string of the molecule is CCC(C)=C(N=C(CNC(=O)/C(C=NC(C)C)=C(\C)N)OC)c1cccc(Cl)c1. The summed E-state index contributed by atoms with van der Waals surface area (Å²) in [6.07, 6.45) is 2.32. The fourth-order valence-corrected chi connectivity index (χ4v) is 2.50. The van der Waals surface area contributed by atoms with Gasteiger partial charge in [-0.25, -0.2) is 4.99 Å². The molecule has 0 aliphatic carbocycles. The summed E-state index contributed by atoms with van der Waals surface area (Å²) in [4.78, 5) is 21.4. The number of hydrogen-bond acceptors (Lipinski definition) is 5. The highest BCUT2D eigenvalue weighted by Crippen LogP contribution is 2.25. The van der Waals surface area contributed by atoms with E-state index >= 15 is 0 Å². The maximum atomic E-state index is 12.5. The molecule has 0 aliphatic rings. The summed E-state index contributed by atoms with van der Waals surface area (Å²) in [5.41, 5.74) is 9.29. The maximum absolute atomic E-state index is 12.5. The quantitative estimate of drug-likeness (QED) is 0.373. The van der Waals surface area contributed by atoms with Crippen molar-refractivity contribution in [2.24, 2.45) is 15.7 Å². The number of allylic oxidation sites excluding steroid dienone is 2. The fourth-order valence-electron chi connectivity index (χ4n) is 2.31. The molecule has 1 aromatic rings. The van der Waals surface area contributed by atoms with E-state index < -0.39 is 0 Å². The van der Waals surface area contributed by atoms with E-state index in [-0.39, 0.29) is 18.5 Å². The molecule has 0 bridgehead atoms. The maximum Gasteiger partial charge on any atom is 0.255 e. The molecule has 0 spiro atoms. The van der Waals surface area contributed by atoms with E-state index in [9.17, 15) is 4.79 Å². The lowest BCUT2D eigenvalue weighted by Gasteiger charge is -2.12. The number of carbonyl (C=O) groups excluding carboxylic acids is 1. The van der Waals surface area contributed by atoms with E-state index in [2.05, 4.69) is 22.2 Å². The van der Waals surface area contributed by atoms with Crippen molar-refractivity contribution in [1.29, 1.82) is 0 Å². The molecule has 1 rings (SSSR count). The van der Waals surface area contributed by atoms with Crippen molar-refractivity contribution in [2.45, 2.75) is 47.1 Å². The third-order valence-electron chi connectivity index (χ3n) is 4.08. The molecule has 0 heterocycles. The van der Waals surface area contributed by atoms with Crippen molar-refractivity contribution in [3.05, 3.63) is 51.7 Å². The molecule has 158 valence electrons. The molecule has 0 atom stereocenters. The Morgan fingerprint density at radius 2 is 2.03 bits per heavy atom. The summed E-state index contributed by atoms with van der Waals surface area (Å²) >= 11 is 6.14. The summed E-state index contributed by atoms with van der Waals surface area (Å²) in [6.45, 7) is 9.69. The number of carbonyl (C=O) groups is 1. The van der Waals surface area contributed by atoms with Crippen LogP contribution in [-0.4, -0.2) is 37.7 Å². The van der Waals surface area contributed by atoms with Gasteiger partial charge in [0.15, 0.2) is 0 Å². The second-order valence-electron chi connectivity index (χ2n) is 6.85. The van der Waals surface area contributed by atoms with Gasteiger partial charge in [0.1, 0.15) is 0 Å². The van der Waals surface area contributed by atoms with E-state index in [4.69, 9.17) is 22.1 Å². The van der Waals surface area contributed by atoms with E-state index in [1.807, 2.05) is 45.0 Å². The van der Waals surface area contributed by atoms with Gasteiger partial charge in [0.25, 0.3) is 5.91 Å². The second-order valence-corrected chi connectivity index (χ2v) is 7.29. The van der Waals surface area contributed by atoms with Gasteiger partial charge in [0.05, 0.1) is 24.9 Å². The molecule has 0 aromatic heterocycles. The molecule has 0 saturated heterocycles. The van der Waals surface area contributed by atoms with E-state index in [1.54, 1.807) is 6.92 Å². The predicted octanol–water partition coefficient (Wildman–Crippen LogP) is 4.35. The molecule has 0 fully saturated rings. The minimum atomic E-state index is -0.334. The van der Waals surface area contributed by atoms with Crippen LogP contribution in [0, 0.1) is 0 Å². The van der Waals surface area contributed by atoms with Gasteiger partial charge in [0.2, 0.25) is 5.90 Å². The largest absolute Gasteiger partial charge is 0.483 e. The highest BCUT2D eigenvalue weighted by molar-refractivity contribution is 6.30. The number of hydrogen-bond donors (Lipinski definition) is 2. The number of halogens is 1. The van der Waals surface area contributed by atoms with Gasteiger partial charge in [-0.05, 0) is 51.8 Å². The van der Waals surface area contributed by atoms with Gasteiger partial charge in [-0.2, -0.15) is 0 Å². The topological polar surface area (TPSA) is 89.1 Å². The van der Waals surface area contributed by atoms with Gasteiger partial charge in [-0.15, -0.1) is 0 Å². The third-order valence-corrected chi connectivity index (χ3v) is 4.31. The van der Waals surface area contributed by atoms with Crippen LogP contribution >= 0.6 is 11.6 Å². The lowest BCUT2D eigenvalue weighted by molar-refractivity contribution is -0.116. The summed E-state index contributed by atoms with van der Waals surface area (Å²) in [5.74, 6) is 0.0376. The van der Waals surface area contributed by atoms with Gasteiger partial charge >= 0.3 is 0 Å². The number of rotatable bonds is 8. The number of methoxy groups -OCH3 is 1. The van der Waals surface area contributed by atoms with Crippen LogP contribution in [0.15, 0.2) is 51.1 Å². The molecular weight excluding hydrogens is 388 g/mol. The average molecular weight is 419 g/mol. The highest BCUT2D eigenvalue weighted by Gasteiger charge is 2.13. The van der Waals surface area contributed by atoms with Gasteiger partial charge in [0, 0.05) is 28.5 Å². The first kappa shape index (κ1) is 24.4. The Hall–Kier alpha value is -2.60. The van der Waals surface area contributed by atoms with E-state index in [0.717, 1.165) is 23.3 Å². The molecule has 6 nitrogen and oxygen atoms in total. The molecular formula is C22H31ClN4O2. The molecule has 0 radical (unpaired) electrons. The second kappa shape index (κ2) is 12.1. The van der Waals surface area contributed by atoms with E-state index in [1.165, 1.54) is 13.3 Å². The average Bonchev–Trinajstić information content (AvgIpc) is 2.67. The minimum Gasteiger partial charge on any atom is -0.483 e. The molecule has 0 unspecified atom stereocenters. The summed E-state index contributed by atoms with van der Waals surface area (Å²) in [7, 11) is 1.52. The summed E-state index contributed by atoms with van der Waals surface area (Å²) < 4.78 is 5.40. The van der Waals surface area contributed by atoms with Gasteiger partial charge < -0.3 is 15.8 Å². The van der Waals surface area contributed by atoms with Crippen molar-refractivity contribution < 1.29 is 9.53 Å². The predicted molar refractivity (Wildman–Crippen MR) is 122 cm³/mol. The monoisotopic (exact) mass is 418 g/mol. The summed E-state index contributed by atoms with van der Waals surface area (Å²) in [6, 6.07) is 7.55. The number of aliphatic imine (C=N–C) groups is 2. The molecule has 1 amide bonds. The fraction of sp³-hybridized carbons (Fsp3) is 0.409. The Morgan fingerprint density at radius 3 is 2.55 bits per heavy atom. The van der Waals surface area contributed by atoms with Crippen LogP contribution < -0.4 is 11.1 Å². The summed E-state index contributed by atoms with van der Waals surface area (Å²) in [5, 5.41) is 3.42. The number of benzene rings is 1. The van der Waals surface area contributed by atoms with Crippen LogP contribution in [0.2, 0.25) is 5.02 Å². The van der Waals surface area contributed by atoms with Crippen LogP contribution in [0.3, 0.4) is 0 Å². The van der Waals surface area contributed by atoms with Crippen LogP contribution in [0.25, 0.3) is 5.70 Å². The lowest BCUT2D eigenvalue weighted by Crippen LogP contribution is -2.33. The Bertz CT molecular complexity index is 835. The van der Waals surface area contributed by atoms with Crippen molar-refractivity contribution in [1.82, 2.24) is 5.32 Å². The first-order valence-corrected chi connectivity index (χ1v) is 9.92. The lowest BCUT2D eigenvalue weighted by atomic mass is 10.1. The van der Waals surface area contributed by atoms with E-state index in [0.29, 0.717) is 22.2 Å². The smallest absolute Gasteiger partial charge is 0.255 e. The van der Waals surface area contributed by atoms with Crippen LogP contribution in [0.1, 0.15) is 46.6 Å². The Kier molecular flexibility index (Phi) is 10.2.